The van der Waals surface area contributed by atoms with Crippen molar-refractivity contribution in [3.63, 3.8) is 0 Å². The molecule has 0 aliphatic carbocycles. The number of aryl methyl sites for hydroxylation is 1. The number of aromatic nitrogens is 1. The minimum Gasteiger partial charge on any atom is -0.351 e. The molecule has 0 saturated carbocycles. The lowest BCUT2D eigenvalue weighted by atomic mass is 10.2. The molecule has 0 unspecified atom stereocenters. The van der Waals surface area contributed by atoms with Crippen LogP contribution in [-0.2, 0) is 4.79 Å². The lowest BCUT2D eigenvalue weighted by Crippen LogP contribution is -2.24. The molecular formula is C16H19N3O2S. The van der Waals surface area contributed by atoms with Gasteiger partial charge in [-0.25, -0.2) is 4.98 Å². The van der Waals surface area contributed by atoms with Crippen LogP contribution in [-0.4, -0.2) is 23.3 Å². The molecule has 2 aromatic rings. The van der Waals surface area contributed by atoms with Crippen molar-refractivity contribution in [2.75, 3.05) is 11.9 Å². The fraction of sp³-hybridized carbons (Fsp3) is 0.312. The molecule has 1 aromatic carbocycles. The highest BCUT2D eigenvalue weighted by atomic mass is 32.1. The first-order valence-corrected chi connectivity index (χ1v) is 7.96. The molecule has 0 radical (unpaired) electrons. The van der Waals surface area contributed by atoms with Gasteiger partial charge in [-0.05, 0) is 37.6 Å². The largest absolute Gasteiger partial charge is 0.351 e. The van der Waals surface area contributed by atoms with E-state index in [1.165, 1.54) is 18.3 Å². The maximum atomic E-state index is 12.0. The van der Waals surface area contributed by atoms with Crippen LogP contribution in [0.15, 0.2) is 24.3 Å². The van der Waals surface area contributed by atoms with E-state index in [-0.39, 0.29) is 11.8 Å². The van der Waals surface area contributed by atoms with E-state index in [4.69, 9.17) is 0 Å². The maximum absolute atomic E-state index is 12.0. The number of carbonyl (C=O) groups is 2. The van der Waals surface area contributed by atoms with Crippen molar-refractivity contribution in [2.45, 2.75) is 27.2 Å². The number of anilines is 1. The Hall–Kier alpha value is -2.21. The summed E-state index contributed by atoms with van der Waals surface area (Å²) >= 11 is 1.49. The van der Waals surface area contributed by atoms with Crippen molar-refractivity contribution in [1.82, 2.24) is 10.3 Å². The Balaban J connectivity index is 2.19. The van der Waals surface area contributed by atoms with Crippen LogP contribution in [0.2, 0.25) is 0 Å². The van der Waals surface area contributed by atoms with Gasteiger partial charge < -0.3 is 10.6 Å². The molecule has 2 amide bonds. The first kappa shape index (κ1) is 16.2. The van der Waals surface area contributed by atoms with Gasteiger partial charge in [0, 0.05) is 29.6 Å². The Kier molecular flexibility index (Phi) is 5.27. The first-order chi connectivity index (χ1) is 10.5. The Morgan fingerprint density at radius 3 is 2.50 bits per heavy atom. The molecule has 0 spiro atoms. The van der Waals surface area contributed by atoms with Gasteiger partial charge >= 0.3 is 0 Å². The van der Waals surface area contributed by atoms with E-state index in [0.717, 1.165) is 27.6 Å². The lowest BCUT2D eigenvalue weighted by molar-refractivity contribution is -0.114. The monoisotopic (exact) mass is 317 g/mol. The van der Waals surface area contributed by atoms with E-state index in [0.29, 0.717) is 12.2 Å². The summed E-state index contributed by atoms with van der Waals surface area (Å²) in [5, 5.41) is 6.36. The molecule has 22 heavy (non-hydrogen) atoms. The SMILES string of the molecule is CCCNC(=O)c1nc(-c2ccc(NC(C)=O)cc2)sc1C. The topological polar surface area (TPSA) is 71.1 Å². The molecule has 0 fully saturated rings. The third kappa shape index (κ3) is 3.92. The molecule has 0 aliphatic heterocycles. The van der Waals surface area contributed by atoms with Crippen LogP contribution in [0, 0.1) is 6.92 Å². The molecule has 1 aromatic heterocycles. The molecule has 0 saturated heterocycles. The van der Waals surface area contributed by atoms with E-state index >= 15 is 0 Å². The molecule has 2 rings (SSSR count). The lowest BCUT2D eigenvalue weighted by Gasteiger charge is -2.02. The standard InChI is InChI=1S/C16H19N3O2S/c1-4-9-17-15(21)14-10(2)22-16(19-14)12-5-7-13(8-6-12)18-11(3)20/h5-8H,4,9H2,1-3H3,(H,17,21)(H,18,20). The Morgan fingerprint density at radius 2 is 1.91 bits per heavy atom. The molecule has 5 nitrogen and oxygen atoms in total. The number of nitrogens with one attached hydrogen (secondary N) is 2. The summed E-state index contributed by atoms with van der Waals surface area (Å²) in [7, 11) is 0. The van der Waals surface area contributed by atoms with E-state index in [9.17, 15) is 9.59 Å². The number of carbonyl (C=O) groups excluding carboxylic acids is 2. The molecule has 2 N–H and O–H groups in total. The number of hydrogen-bond acceptors (Lipinski definition) is 4. The predicted octanol–water partition coefficient (Wildman–Crippen LogP) is 3.22. The third-order valence-electron chi connectivity index (χ3n) is 3.00. The van der Waals surface area contributed by atoms with E-state index < -0.39 is 0 Å². The van der Waals surface area contributed by atoms with Gasteiger partial charge in [0.2, 0.25) is 5.91 Å². The van der Waals surface area contributed by atoms with E-state index in [2.05, 4.69) is 15.6 Å². The van der Waals surface area contributed by atoms with Crippen LogP contribution < -0.4 is 10.6 Å². The van der Waals surface area contributed by atoms with Gasteiger partial charge in [0.25, 0.3) is 5.91 Å². The number of thiazole rings is 1. The summed E-state index contributed by atoms with van der Waals surface area (Å²) < 4.78 is 0. The Labute approximate surface area is 133 Å². The number of rotatable bonds is 5. The molecule has 0 aliphatic rings. The molecule has 1 heterocycles. The van der Waals surface area contributed by atoms with E-state index in [1.54, 1.807) is 0 Å². The van der Waals surface area contributed by atoms with Gasteiger partial charge in [0.1, 0.15) is 10.7 Å². The quantitative estimate of drug-likeness (QED) is 0.889. The van der Waals surface area contributed by atoms with Gasteiger partial charge in [-0.2, -0.15) is 0 Å². The minimum absolute atomic E-state index is 0.104. The molecular weight excluding hydrogens is 298 g/mol. The second kappa shape index (κ2) is 7.17. The second-order valence-corrected chi connectivity index (χ2v) is 6.14. The van der Waals surface area contributed by atoms with Crippen molar-refractivity contribution >= 4 is 28.8 Å². The highest BCUT2D eigenvalue weighted by Gasteiger charge is 2.15. The summed E-state index contributed by atoms with van der Waals surface area (Å²) in [5.41, 5.74) is 2.15. The zero-order valence-electron chi connectivity index (χ0n) is 12.9. The predicted molar refractivity (Wildman–Crippen MR) is 89.2 cm³/mol. The smallest absolute Gasteiger partial charge is 0.271 e. The first-order valence-electron chi connectivity index (χ1n) is 7.15. The van der Waals surface area contributed by atoms with Crippen molar-refractivity contribution in [2.24, 2.45) is 0 Å². The average molecular weight is 317 g/mol. The highest BCUT2D eigenvalue weighted by molar-refractivity contribution is 7.15. The zero-order valence-corrected chi connectivity index (χ0v) is 13.7. The minimum atomic E-state index is -0.128. The fourth-order valence-corrected chi connectivity index (χ4v) is 2.87. The third-order valence-corrected chi connectivity index (χ3v) is 4.02. The number of nitrogens with zero attached hydrogens (tertiary/aromatic N) is 1. The number of amides is 2. The zero-order chi connectivity index (χ0) is 16.1. The summed E-state index contributed by atoms with van der Waals surface area (Å²) in [6.45, 7) is 6.03. The number of benzene rings is 1. The molecule has 116 valence electrons. The van der Waals surface area contributed by atoms with Gasteiger partial charge in [-0.1, -0.05) is 6.92 Å². The van der Waals surface area contributed by atoms with Crippen LogP contribution in [0.5, 0.6) is 0 Å². The van der Waals surface area contributed by atoms with Crippen molar-refractivity contribution in [3.8, 4) is 10.6 Å². The Bertz CT molecular complexity index is 677. The average Bonchev–Trinajstić information content (AvgIpc) is 2.87. The maximum Gasteiger partial charge on any atom is 0.271 e. The normalized spacial score (nSPS) is 10.3. The summed E-state index contributed by atoms with van der Waals surface area (Å²) in [6.07, 6.45) is 0.895. The number of hydrogen-bond donors (Lipinski definition) is 2. The molecule has 6 heteroatoms. The van der Waals surface area contributed by atoms with Crippen LogP contribution in [0.3, 0.4) is 0 Å². The summed E-state index contributed by atoms with van der Waals surface area (Å²) in [4.78, 5) is 28.4. The van der Waals surface area contributed by atoms with Crippen molar-refractivity contribution < 1.29 is 9.59 Å². The summed E-state index contributed by atoms with van der Waals surface area (Å²) in [6, 6.07) is 7.42. The van der Waals surface area contributed by atoms with Crippen LogP contribution in [0.1, 0.15) is 35.6 Å². The highest BCUT2D eigenvalue weighted by Crippen LogP contribution is 2.28. The summed E-state index contributed by atoms with van der Waals surface area (Å²) in [5.74, 6) is -0.232. The second-order valence-electron chi connectivity index (χ2n) is 4.94. The van der Waals surface area contributed by atoms with Gasteiger partial charge in [-0.15, -0.1) is 11.3 Å². The fourth-order valence-electron chi connectivity index (χ4n) is 1.95. The van der Waals surface area contributed by atoms with Crippen molar-refractivity contribution in [3.05, 3.63) is 34.8 Å². The van der Waals surface area contributed by atoms with E-state index in [1.807, 2.05) is 38.1 Å². The van der Waals surface area contributed by atoms with Crippen LogP contribution in [0.4, 0.5) is 5.69 Å². The van der Waals surface area contributed by atoms with Gasteiger partial charge in [0.15, 0.2) is 0 Å². The van der Waals surface area contributed by atoms with Gasteiger partial charge in [0.05, 0.1) is 0 Å². The van der Waals surface area contributed by atoms with Gasteiger partial charge in [-0.3, -0.25) is 9.59 Å². The van der Waals surface area contributed by atoms with Crippen molar-refractivity contribution in [1.29, 1.82) is 0 Å². The van der Waals surface area contributed by atoms with Crippen LogP contribution in [0.25, 0.3) is 10.6 Å². The molecule has 0 bridgehead atoms. The Morgan fingerprint density at radius 1 is 1.23 bits per heavy atom. The molecule has 0 atom stereocenters. The van der Waals surface area contributed by atoms with Crippen LogP contribution >= 0.6 is 11.3 Å².